The molecule has 1 rings (SSSR count). The summed E-state index contributed by atoms with van der Waals surface area (Å²) in [7, 11) is 0. The second-order valence-electron chi connectivity index (χ2n) is 5.08. The van der Waals surface area contributed by atoms with Crippen LogP contribution in [0, 0.1) is 5.41 Å². The van der Waals surface area contributed by atoms with Crippen molar-refractivity contribution in [1.29, 1.82) is 0 Å². The zero-order valence-corrected chi connectivity index (χ0v) is 11.4. The number of hydrogen-bond donors (Lipinski definition) is 2. The number of rotatable bonds is 2. The van der Waals surface area contributed by atoms with Gasteiger partial charge in [0.2, 0.25) is 0 Å². The molecule has 0 amide bonds. The smallest absolute Gasteiger partial charge is 0.186 e. The van der Waals surface area contributed by atoms with Crippen molar-refractivity contribution in [3.05, 3.63) is 11.6 Å². The summed E-state index contributed by atoms with van der Waals surface area (Å²) in [5, 5.41) is 7.93. The highest BCUT2D eigenvalue weighted by atomic mass is 32.1. The normalized spacial score (nSPS) is 21.5. The van der Waals surface area contributed by atoms with Crippen LogP contribution in [0.25, 0.3) is 0 Å². The first-order valence-corrected chi connectivity index (χ1v) is 6.11. The van der Waals surface area contributed by atoms with E-state index in [1.165, 1.54) is 5.57 Å². The predicted octanol–water partition coefficient (Wildman–Crippen LogP) is 2.59. The Morgan fingerprint density at radius 2 is 2.19 bits per heavy atom. The number of allylic oxidation sites excluding steroid dienone is 2. The summed E-state index contributed by atoms with van der Waals surface area (Å²) < 4.78 is 0. The van der Waals surface area contributed by atoms with E-state index in [2.05, 4.69) is 42.7 Å². The molecule has 1 aliphatic carbocycles. The largest absolute Gasteiger partial charge is 0.362 e. The molecule has 4 heteroatoms. The molecule has 3 nitrogen and oxygen atoms in total. The van der Waals surface area contributed by atoms with Crippen molar-refractivity contribution in [2.75, 3.05) is 6.54 Å². The van der Waals surface area contributed by atoms with Crippen LogP contribution >= 0.6 is 12.2 Å². The Hall–Kier alpha value is -0.900. The lowest BCUT2D eigenvalue weighted by Gasteiger charge is -2.29. The van der Waals surface area contributed by atoms with Crippen molar-refractivity contribution in [3.8, 4) is 0 Å². The summed E-state index contributed by atoms with van der Waals surface area (Å²) in [6.07, 6.45) is 4.28. The Labute approximate surface area is 103 Å². The van der Waals surface area contributed by atoms with E-state index in [1.54, 1.807) is 0 Å². The number of nitrogens with zero attached hydrogens (tertiary/aromatic N) is 1. The quantitative estimate of drug-likeness (QED) is 0.574. The van der Waals surface area contributed by atoms with Crippen molar-refractivity contribution in [1.82, 2.24) is 10.7 Å². The maximum Gasteiger partial charge on any atom is 0.186 e. The summed E-state index contributed by atoms with van der Waals surface area (Å²) in [6, 6.07) is 0. The van der Waals surface area contributed by atoms with Gasteiger partial charge in [0, 0.05) is 6.54 Å². The first kappa shape index (κ1) is 13.2. The highest BCUT2D eigenvalue weighted by Crippen LogP contribution is 2.33. The van der Waals surface area contributed by atoms with Gasteiger partial charge in [0.1, 0.15) is 0 Å². The molecule has 90 valence electrons. The summed E-state index contributed by atoms with van der Waals surface area (Å²) >= 11 is 5.06. The highest BCUT2D eigenvalue weighted by Gasteiger charge is 2.24. The van der Waals surface area contributed by atoms with E-state index in [4.69, 9.17) is 12.2 Å². The zero-order valence-electron chi connectivity index (χ0n) is 10.6. The molecule has 0 spiro atoms. The van der Waals surface area contributed by atoms with Gasteiger partial charge in [-0.2, -0.15) is 5.10 Å². The fourth-order valence-electron chi connectivity index (χ4n) is 2.09. The van der Waals surface area contributed by atoms with Gasteiger partial charge in [-0.3, -0.25) is 5.43 Å². The lowest BCUT2D eigenvalue weighted by atomic mass is 9.77. The van der Waals surface area contributed by atoms with E-state index in [9.17, 15) is 0 Å². The van der Waals surface area contributed by atoms with E-state index in [0.717, 1.165) is 25.1 Å². The fourth-order valence-corrected chi connectivity index (χ4v) is 2.28. The van der Waals surface area contributed by atoms with Crippen LogP contribution in [-0.2, 0) is 0 Å². The Kier molecular flexibility index (Phi) is 4.47. The van der Waals surface area contributed by atoms with E-state index in [0.29, 0.717) is 10.5 Å². The van der Waals surface area contributed by atoms with Crippen molar-refractivity contribution < 1.29 is 0 Å². The molecule has 0 bridgehead atoms. The molecule has 1 aliphatic rings. The lowest BCUT2D eigenvalue weighted by molar-refractivity contribution is 0.373. The van der Waals surface area contributed by atoms with Gasteiger partial charge < -0.3 is 5.32 Å². The Balaban J connectivity index is 2.63. The minimum absolute atomic E-state index is 0.305. The third kappa shape index (κ3) is 4.31. The molecule has 2 N–H and O–H groups in total. The summed E-state index contributed by atoms with van der Waals surface area (Å²) in [5.41, 5.74) is 5.64. The summed E-state index contributed by atoms with van der Waals surface area (Å²) in [5.74, 6) is 0. The molecule has 0 unspecified atom stereocenters. The maximum absolute atomic E-state index is 5.06. The Morgan fingerprint density at radius 1 is 1.50 bits per heavy atom. The second-order valence-corrected chi connectivity index (χ2v) is 5.49. The van der Waals surface area contributed by atoms with E-state index < -0.39 is 0 Å². The monoisotopic (exact) mass is 239 g/mol. The molecule has 0 fully saturated rings. The SMILES string of the molecule is CCNC(=S)N/N=C1\C=C(C)CC(C)(C)C1. The van der Waals surface area contributed by atoms with Crippen molar-refractivity contribution in [2.24, 2.45) is 10.5 Å². The van der Waals surface area contributed by atoms with Gasteiger partial charge in [-0.15, -0.1) is 0 Å². The molecule has 0 aromatic heterocycles. The van der Waals surface area contributed by atoms with Crippen molar-refractivity contribution in [2.45, 2.75) is 40.5 Å². The van der Waals surface area contributed by atoms with Gasteiger partial charge in [-0.1, -0.05) is 19.4 Å². The van der Waals surface area contributed by atoms with Crippen LogP contribution < -0.4 is 10.7 Å². The molecule has 16 heavy (non-hydrogen) atoms. The summed E-state index contributed by atoms with van der Waals surface area (Å²) in [4.78, 5) is 0. The number of hydrazone groups is 1. The van der Waals surface area contributed by atoms with Crippen LogP contribution in [0.15, 0.2) is 16.8 Å². The molecule has 0 saturated carbocycles. The molecule has 0 heterocycles. The third-order valence-electron chi connectivity index (χ3n) is 2.47. The third-order valence-corrected chi connectivity index (χ3v) is 2.70. The summed E-state index contributed by atoms with van der Waals surface area (Å²) in [6.45, 7) is 9.51. The van der Waals surface area contributed by atoms with E-state index in [-0.39, 0.29) is 0 Å². The van der Waals surface area contributed by atoms with E-state index in [1.807, 2.05) is 6.92 Å². The van der Waals surface area contributed by atoms with Gasteiger partial charge in [-0.05, 0) is 50.4 Å². The van der Waals surface area contributed by atoms with Crippen LogP contribution in [0.4, 0.5) is 0 Å². The topological polar surface area (TPSA) is 36.4 Å². The number of thiocarbonyl (C=S) groups is 1. The molecule has 0 aromatic carbocycles. The average molecular weight is 239 g/mol. The molecule has 0 aliphatic heterocycles. The van der Waals surface area contributed by atoms with Crippen LogP contribution in [0.5, 0.6) is 0 Å². The standard InChI is InChI=1S/C12H21N3S/c1-5-13-11(16)15-14-10-6-9(2)7-12(3,4)8-10/h6H,5,7-8H2,1-4H3,(H2,13,15,16)/b14-10+. The molecule has 0 atom stereocenters. The van der Waals surface area contributed by atoms with Crippen LogP contribution in [0.2, 0.25) is 0 Å². The molecular formula is C12H21N3S. The molecular weight excluding hydrogens is 218 g/mol. The van der Waals surface area contributed by atoms with Crippen molar-refractivity contribution in [3.63, 3.8) is 0 Å². The van der Waals surface area contributed by atoms with E-state index >= 15 is 0 Å². The fraction of sp³-hybridized carbons (Fsp3) is 0.667. The van der Waals surface area contributed by atoms with Gasteiger partial charge in [0.15, 0.2) is 5.11 Å². The minimum Gasteiger partial charge on any atom is -0.362 e. The first-order chi connectivity index (χ1) is 7.43. The van der Waals surface area contributed by atoms with Crippen LogP contribution in [-0.4, -0.2) is 17.4 Å². The van der Waals surface area contributed by atoms with Crippen LogP contribution in [0.1, 0.15) is 40.5 Å². The van der Waals surface area contributed by atoms with Gasteiger partial charge in [-0.25, -0.2) is 0 Å². The average Bonchev–Trinajstić information content (AvgIpc) is 2.12. The number of hydrogen-bond acceptors (Lipinski definition) is 2. The predicted molar refractivity (Wildman–Crippen MR) is 73.6 cm³/mol. The Morgan fingerprint density at radius 3 is 2.75 bits per heavy atom. The minimum atomic E-state index is 0.305. The number of nitrogens with one attached hydrogen (secondary N) is 2. The van der Waals surface area contributed by atoms with Crippen molar-refractivity contribution >= 4 is 23.0 Å². The van der Waals surface area contributed by atoms with Gasteiger partial charge in [0.05, 0.1) is 5.71 Å². The highest BCUT2D eigenvalue weighted by molar-refractivity contribution is 7.80. The van der Waals surface area contributed by atoms with Gasteiger partial charge >= 0.3 is 0 Å². The molecule has 0 saturated heterocycles. The van der Waals surface area contributed by atoms with Crippen LogP contribution in [0.3, 0.4) is 0 Å². The lowest BCUT2D eigenvalue weighted by Crippen LogP contribution is -2.33. The first-order valence-electron chi connectivity index (χ1n) is 5.70. The molecule has 0 aromatic rings. The Bertz CT molecular complexity index is 329. The second kappa shape index (κ2) is 5.43. The maximum atomic E-state index is 5.06. The van der Waals surface area contributed by atoms with Gasteiger partial charge in [0.25, 0.3) is 0 Å². The molecule has 0 radical (unpaired) electrons. The zero-order chi connectivity index (χ0) is 12.2.